The van der Waals surface area contributed by atoms with E-state index in [9.17, 15) is 4.79 Å². The minimum atomic E-state index is -0.0983. The highest BCUT2D eigenvalue weighted by molar-refractivity contribution is 7.99. The predicted molar refractivity (Wildman–Crippen MR) is 78.7 cm³/mol. The first-order valence-corrected chi connectivity index (χ1v) is 8.19. The number of H-pyrrole nitrogens is 1. The second-order valence-electron chi connectivity index (χ2n) is 5.06. The highest BCUT2D eigenvalue weighted by Crippen LogP contribution is 2.32. The van der Waals surface area contributed by atoms with Gasteiger partial charge in [0, 0.05) is 17.8 Å². The summed E-state index contributed by atoms with van der Waals surface area (Å²) in [6.07, 6.45) is 6.19. The standard InChI is InChI=1S/C13H24N4OS/c1-3-9-14-10-7-5-6-8-11(10)19-13-16-15-12(18)17(13)4-2/h10-11,14H,3-9H2,1-2H3,(H,15,18). The zero-order valence-electron chi connectivity index (χ0n) is 11.8. The van der Waals surface area contributed by atoms with Gasteiger partial charge < -0.3 is 5.32 Å². The van der Waals surface area contributed by atoms with Gasteiger partial charge in [0.15, 0.2) is 5.16 Å². The van der Waals surface area contributed by atoms with Crippen LogP contribution in [-0.4, -0.2) is 32.6 Å². The lowest BCUT2D eigenvalue weighted by Gasteiger charge is -2.31. The molecule has 0 saturated heterocycles. The Morgan fingerprint density at radius 2 is 2.21 bits per heavy atom. The minimum Gasteiger partial charge on any atom is -0.313 e. The van der Waals surface area contributed by atoms with Gasteiger partial charge in [-0.25, -0.2) is 9.89 Å². The summed E-state index contributed by atoms with van der Waals surface area (Å²) in [5.74, 6) is 0. The molecule has 1 saturated carbocycles. The van der Waals surface area contributed by atoms with E-state index in [-0.39, 0.29) is 5.69 Å². The molecule has 1 heterocycles. The first kappa shape index (κ1) is 14.7. The summed E-state index contributed by atoms with van der Waals surface area (Å²) in [6.45, 7) is 5.93. The van der Waals surface area contributed by atoms with E-state index in [4.69, 9.17) is 0 Å². The van der Waals surface area contributed by atoms with Crippen LogP contribution in [0.3, 0.4) is 0 Å². The molecule has 0 aliphatic heterocycles. The lowest BCUT2D eigenvalue weighted by Crippen LogP contribution is -2.41. The molecule has 0 spiro atoms. The van der Waals surface area contributed by atoms with Gasteiger partial charge in [0.05, 0.1) is 0 Å². The van der Waals surface area contributed by atoms with Crippen LogP contribution < -0.4 is 11.0 Å². The lowest BCUT2D eigenvalue weighted by atomic mass is 9.95. The van der Waals surface area contributed by atoms with Gasteiger partial charge in [0.25, 0.3) is 0 Å². The van der Waals surface area contributed by atoms with Crippen LogP contribution in [0.4, 0.5) is 0 Å². The fraction of sp³-hybridized carbons (Fsp3) is 0.846. The van der Waals surface area contributed by atoms with Crippen LogP contribution in [-0.2, 0) is 6.54 Å². The Balaban J connectivity index is 2.04. The molecule has 2 N–H and O–H groups in total. The number of aromatic amines is 1. The van der Waals surface area contributed by atoms with E-state index in [1.54, 1.807) is 16.3 Å². The van der Waals surface area contributed by atoms with Gasteiger partial charge in [-0.05, 0) is 32.7 Å². The molecule has 2 rings (SSSR count). The number of hydrogen-bond acceptors (Lipinski definition) is 4. The molecule has 2 unspecified atom stereocenters. The molecule has 19 heavy (non-hydrogen) atoms. The number of nitrogens with zero attached hydrogens (tertiary/aromatic N) is 2. The third-order valence-corrected chi connectivity index (χ3v) is 5.04. The third-order valence-electron chi connectivity index (χ3n) is 3.66. The van der Waals surface area contributed by atoms with Crippen LogP contribution in [0.25, 0.3) is 0 Å². The fourth-order valence-electron chi connectivity index (χ4n) is 2.61. The van der Waals surface area contributed by atoms with E-state index < -0.39 is 0 Å². The number of rotatable bonds is 6. The van der Waals surface area contributed by atoms with Crippen LogP contribution in [0.15, 0.2) is 9.95 Å². The summed E-state index contributed by atoms with van der Waals surface area (Å²) >= 11 is 1.75. The summed E-state index contributed by atoms with van der Waals surface area (Å²) in [6, 6.07) is 0.552. The lowest BCUT2D eigenvalue weighted by molar-refractivity contribution is 0.384. The van der Waals surface area contributed by atoms with E-state index in [0.717, 1.165) is 18.1 Å². The Kier molecular flexibility index (Phi) is 5.51. The zero-order valence-corrected chi connectivity index (χ0v) is 12.6. The molecule has 1 aliphatic carbocycles. The number of aromatic nitrogens is 3. The summed E-state index contributed by atoms with van der Waals surface area (Å²) in [4.78, 5) is 11.6. The molecule has 1 fully saturated rings. The Morgan fingerprint density at radius 1 is 1.42 bits per heavy atom. The largest absolute Gasteiger partial charge is 0.343 e. The van der Waals surface area contributed by atoms with Crippen molar-refractivity contribution < 1.29 is 0 Å². The van der Waals surface area contributed by atoms with Crippen LogP contribution in [0.1, 0.15) is 46.0 Å². The molecule has 6 heteroatoms. The van der Waals surface area contributed by atoms with Gasteiger partial charge >= 0.3 is 5.69 Å². The van der Waals surface area contributed by atoms with Gasteiger partial charge in [-0.15, -0.1) is 5.10 Å². The normalized spacial score (nSPS) is 23.7. The van der Waals surface area contributed by atoms with Crippen LogP contribution in [0, 0.1) is 0 Å². The summed E-state index contributed by atoms with van der Waals surface area (Å²) in [5, 5.41) is 11.7. The van der Waals surface area contributed by atoms with E-state index in [1.807, 2.05) is 6.92 Å². The van der Waals surface area contributed by atoms with E-state index >= 15 is 0 Å². The topological polar surface area (TPSA) is 62.7 Å². The summed E-state index contributed by atoms with van der Waals surface area (Å²) in [5.41, 5.74) is -0.0983. The molecular weight excluding hydrogens is 260 g/mol. The highest BCUT2D eigenvalue weighted by Gasteiger charge is 2.27. The van der Waals surface area contributed by atoms with Crippen molar-refractivity contribution in [1.29, 1.82) is 0 Å². The Morgan fingerprint density at radius 3 is 2.95 bits per heavy atom. The molecule has 108 valence electrons. The summed E-state index contributed by atoms with van der Waals surface area (Å²) < 4.78 is 1.72. The van der Waals surface area contributed by atoms with Gasteiger partial charge in [0.2, 0.25) is 0 Å². The number of thioether (sulfide) groups is 1. The van der Waals surface area contributed by atoms with Crippen molar-refractivity contribution in [3.05, 3.63) is 10.5 Å². The fourth-order valence-corrected chi connectivity index (χ4v) is 4.00. The van der Waals surface area contributed by atoms with Gasteiger partial charge in [-0.1, -0.05) is 31.5 Å². The first-order valence-electron chi connectivity index (χ1n) is 7.31. The molecular formula is C13H24N4OS. The van der Waals surface area contributed by atoms with E-state index in [2.05, 4.69) is 22.4 Å². The third kappa shape index (κ3) is 3.63. The molecule has 1 aromatic heterocycles. The van der Waals surface area contributed by atoms with Gasteiger partial charge in [0.1, 0.15) is 0 Å². The van der Waals surface area contributed by atoms with Crippen molar-refractivity contribution in [2.24, 2.45) is 0 Å². The Labute approximate surface area is 118 Å². The molecule has 0 aromatic carbocycles. The summed E-state index contributed by atoms with van der Waals surface area (Å²) in [7, 11) is 0. The van der Waals surface area contributed by atoms with Crippen molar-refractivity contribution in [2.75, 3.05) is 6.54 Å². The quantitative estimate of drug-likeness (QED) is 0.838. The molecule has 0 radical (unpaired) electrons. The maximum atomic E-state index is 11.6. The molecule has 2 atom stereocenters. The molecule has 1 aliphatic rings. The first-order chi connectivity index (χ1) is 9.26. The van der Waals surface area contributed by atoms with Crippen molar-refractivity contribution >= 4 is 11.8 Å². The number of nitrogens with one attached hydrogen (secondary N) is 2. The SMILES string of the molecule is CCCNC1CCCCC1Sc1n[nH]c(=O)n1CC. The maximum absolute atomic E-state index is 11.6. The van der Waals surface area contributed by atoms with Crippen LogP contribution in [0.2, 0.25) is 0 Å². The second kappa shape index (κ2) is 7.14. The van der Waals surface area contributed by atoms with E-state index in [0.29, 0.717) is 17.8 Å². The zero-order chi connectivity index (χ0) is 13.7. The van der Waals surface area contributed by atoms with Crippen LogP contribution in [0.5, 0.6) is 0 Å². The smallest absolute Gasteiger partial charge is 0.313 e. The minimum absolute atomic E-state index is 0.0983. The molecule has 5 nitrogen and oxygen atoms in total. The Hall–Kier alpha value is -0.750. The molecule has 1 aromatic rings. The van der Waals surface area contributed by atoms with Crippen molar-refractivity contribution in [3.8, 4) is 0 Å². The van der Waals surface area contributed by atoms with Gasteiger partial charge in [-0.3, -0.25) is 4.57 Å². The monoisotopic (exact) mass is 284 g/mol. The molecule has 0 amide bonds. The molecule has 0 bridgehead atoms. The Bertz CT molecular complexity index is 442. The van der Waals surface area contributed by atoms with Crippen molar-refractivity contribution in [3.63, 3.8) is 0 Å². The highest BCUT2D eigenvalue weighted by atomic mass is 32.2. The second-order valence-corrected chi connectivity index (χ2v) is 6.26. The average molecular weight is 284 g/mol. The van der Waals surface area contributed by atoms with Gasteiger partial charge in [-0.2, -0.15) is 0 Å². The van der Waals surface area contributed by atoms with Crippen LogP contribution >= 0.6 is 11.8 Å². The maximum Gasteiger partial charge on any atom is 0.343 e. The van der Waals surface area contributed by atoms with Crippen molar-refractivity contribution in [2.45, 2.75) is 68.9 Å². The van der Waals surface area contributed by atoms with E-state index in [1.165, 1.54) is 25.7 Å². The predicted octanol–water partition coefficient (Wildman–Crippen LogP) is 1.99. The average Bonchev–Trinajstić information content (AvgIpc) is 2.78. The van der Waals surface area contributed by atoms with Crippen molar-refractivity contribution in [1.82, 2.24) is 20.1 Å². The number of hydrogen-bond donors (Lipinski definition) is 2.